The van der Waals surface area contributed by atoms with E-state index in [2.05, 4.69) is 68.6 Å². The largest absolute Gasteiger partial charge is 0.379 e. The highest BCUT2D eigenvalue weighted by molar-refractivity contribution is 14.0. The molecule has 0 saturated carbocycles. The highest BCUT2D eigenvalue weighted by Gasteiger charge is 2.40. The van der Waals surface area contributed by atoms with Crippen molar-refractivity contribution in [1.82, 2.24) is 20.5 Å². The van der Waals surface area contributed by atoms with Crippen LogP contribution in [0.1, 0.15) is 17.5 Å². The van der Waals surface area contributed by atoms with Crippen LogP contribution in [0, 0.1) is 6.92 Å². The molecule has 1 aromatic carbocycles. The Hall–Kier alpha value is -0.970. The van der Waals surface area contributed by atoms with E-state index in [1.165, 1.54) is 40.0 Å². The highest BCUT2D eigenvalue weighted by Crippen LogP contribution is 2.33. The van der Waals surface area contributed by atoms with E-state index >= 15 is 0 Å². The molecule has 3 N–H and O–H groups in total. The van der Waals surface area contributed by atoms with Crippen molar-refractivity contribution < 1.29 is 4.74 Å². The number of aryl methyl sites for hydroxylation is 1. The maximum atomic E-state index is 5.57. The number of aromatic nitrogens is 1. The number of morpholine rings is 1. The summed E-state index contributed by atoms with van der Waals surface area (Å²) in [6.45, 7) is 7.70. The maximum Gasteiger partial charge on any atom is 0.191 e. The van der Waals surface area contributed by atoms with Gasteiger partial charge in [0.15, 0.2) is 5.96 Å². The molecule has 8 heteroatoms. The number of hydrogen-bond acceptors (Lipinski definition) is 4. The second-order valence-corrected chi connectivity index (χ2v) is 9.20. The number of H-pyrrole nitrogens is 1. The van der Waals surface area contributed by atoms with Crippen molar-refractivity contribution in [1.29, 1.82) is 0 Å². The number of aliphatic imine (C=N–C) groups is 1. The molecule has 0 radical (unpaired) electrons. The molecule has 0 spiro atoms. The van der Waals surface area contributed by atoms with Crippen molar-refractivity contribution in [2.45, 2.75) is 25.3 Å². The first-order valence-electron chi connectivity index (χ1n) is 10.6. The predicted octanol–water partition coefficient (Wildman–Crippen LogP) is 3.01. The van der Waals surface area contributed by atoms with Gasteiger partial charge in [0, 0.05) is 61.6 Å². The second-order valence-electron chi connectivity index (χ2n) is 8.09. The van der Waals surface area contributed by atoms with Gasteiger partial charge >= 0.3 is 0 Å². The van der Waals surface area contributed by atoms with Crippen LogP contribution in [0.5, 0.6) is 0 Å². The van der Waals surface area contributed by atoms with Gasteiger partial charge in [0.25, 0.3) is 0 Å². The number of benzene rings is 1. The average Bonchev–Trinajstić information content (AvgIpc) is 3.39. The van der Waals surface area contributed by atoms with Crippen molar-refractivity contribution in [2.75, 3.05) is 57.9 Å². The molecule has 6 nitrogen and oxygen atoms in total. The van der Waals surface area contributed by atoms with Crippen molar-refractivity contribution in [3.8, 4) is 0 Å². The first-order valence-corrected chi connectivity index (χ1v) is 11.8. The summed E-state index contributed by atoms with van der Waals surface area (Å²) in [6.07, 6.45) is 4.33. The van der Waals surface area contributed by atoms with E-state index < -0.39 is 0 Å². The van der Waals surface area contributed by atoms with Crippen LogP contribution in [0.25, 0.3) is 10.9 Å². The third-order valence-electron chi connectivity index (χ3n) is 6.18. The minimum atomic E-state index is 0. The molecule has 2 aliphatic heterocycles. The zero-order valence-electron chi connectivity index (χ0n) is 18.0. The molecule has 2 saturated heterocycles. The van der Waals surface area contributed by atoms with Crippen molar-refractivity contribution in [3.63, 3.8) is 0 Å². The zero-order valence-corrected chi connectivity index (χ0v) is 21.1. The molecule has 0 aliphatic carbocycles. The Balaban J connectivity index is 0.00000256. The van der Waals surface area contributed by atoms with E-state index in [0.29, 0.717) is 0 Å². The molecule has 1 atom stereocenters. The van der Waals surface area contributed by atoms with E-state index in [1.54, 1.807) is 0 Å². The molecule has 0 bridgehead atoms. The number of nitrogens with one attached hydrogen (secondary N) is 3. The first-order chi connectivity index (χ1) is 14.2. The Bertz CT molecular complexity index is 843. The molecule has 4 rings (SSSR count). The van der Waals surface area contributed by atoms with Crippen LogP contribution in [0.2, 0.25) is 0 Å². The fraction of sp³-hybridized carbons (Fsp3) is 0.591. The molecule has 2 aromatic rings. The monoisotopic (exact) mass is 543 g/mol. The molecular weight excluding hydrogens is 509 g/mol. The van der Waals surface area contributed by atoms with Crippen LogP contribution in [0.3, 0.4) is 0 Å². The van der Waals surface area contributed by atoms with Gasteiger partial charge in [0.05, 0.1) is 13.2 Å². The number of fused-ring (bicyclic) bond motifs is 1. The number of guanidine groups is 1. The summed E-state index contributed by atoms with van der Waals surface area (Å²) in [5.74, 6) is 3.32. The summed E-state index contributed by atoms with van der Waals surface area (Å²) in [5, 5.41) is 8.43. The Kier molecular flexibility index (Phi) is 8.73. The fourth-order valence-electron chi connectivity index (χ4n) is 4.43. The van der Waals surface area contributed by atoms with Gasteiger partial charge in [-0.1, -0.05) is 12.1 Å². The summed E-state index contributed by atoms with van der Waals surface area (Å²) < 4.78 is 5.57. The average molecular weight is 544 g/mol. The van der Waals surface area contributed by atoms with Crippen LogP contribution in [0.4, 0.5) is 0 Å². The third kappa shape index (κ3) is 5.44. The smallest absolute Gasteiger partial charge is 0.191 e. The van der Waals surface area contributed by atoms with Gasteiger partial charge in [0.1, 0.15) is 0 Å². The number of halogens is 1. The Labute approximate surface area is 201 Å². The molecule has 1 aromatic heterocycles. The lowest BCUT2D eigenvalue weighted by Gasteiger charge is -2.43. The molecule has 3 heterocycles. The first kappa shape index (κ1) is 23.7. The minimum absolute atomic E-state index is 0. The number of thioether (sulfide) groups is 1. The summed E-state index contributed by atoms with van der Waals surface area (Å²) in [4.78, 5) is 10.5. The van der Waals surface area contributed by atoms with Crippen LogP contribution in [0.15, 0.2) is 29.4 Å². The van der Waals surface area contributed by atoms with Crippen LogP contribution < -0.4 is 10.6 Å². The van der Waals surface area contributed by atoms with Gasteiger partial charge in [-0.15, -0.1) is 24.0 Å². The molecule has 2 fully saturated rings. The maximum absolute atomic E-state index is 5.57. The standard InChI is InChI=1S/C22H33N5OS.HI/c1-17-3-4-19-18(14-25-20(19)13-17)5-7-24-21(23-2)26-15-22(6-12-29-16-22)27-8-10-28-11-9-27;/h3-4,13-14,25H,5-12,15-16H2,1-2H3,(H2,23,24,26);1H. The quantitative estimate of drug-likeness (QED) is 0.297. The van der Waals surface area contributed by atoms with Crippen molar-refractivity contribution >= 4 is 52.6 Å². The third-order valence-corrected chi connectivity index (χ3v) is 7.42. The molecule has 1 unspecified atom stereocenters. The number of ether oxygens (including phenoxy) is 1. The van der Waals surface area contributed by atoms with E-state index in [0.717, 1.165) is 51.8 Å². The van der Waals surface area contributed by atoms with Gasteiger partial charge in [-0.25, -0.2) is 0 Å². The lowest BCUT2D eigenvalue weighted by atomic mass is 9.95. The number of aromatic amines is 1. The Morgan fingerprint density at radius 3 is 2.87 bits per heavy atom. The molecular formula is C22H34IN5OS. The zero-order chi connectivity index (χ0) is 20.1. The Morgan fingerprint density at radius 2 is 2.13 bits per heavy atom. The number of rotatable bonds is 6. The minimum Gasteiger partial charge on any atom is -0.379 e. The van der Waals surface area contributed by atoms with Crippen LogP contribution >= 0.6 is 35.7 Å². The van der Waals surface area contributed by atoms with Crippen molar-refractivity contribution in [2.24, 2.45) is 4.99 Å². The lowest BCUT2D eigenvalue weighted by molar-refractivity contribution is -0.0120. The molecule has 166 valence electrons. The van der Waals surface area contributed by atoms with E-state index in [-0.39, 0.29) is 29.5 Å². The summed E-state index contributed by atoms with van der Waals surface area (Å²) >= 11 is 2.07. The second kappa shape index (κ2) is 11.1. The van der Waals surface area contributed by atoms with Gasteiger partial charge in [-0.05, 0) is 42.7 Å². The van der Waals surface area contributed by atoms with Crippen LogP contribution in [-0.2, 0) is 11.2 Å². The van der Waals surface area contributed by atoms with Gasteiger partial charge in [-0.2, -0.15) is 11.8 Å². The number of hydrogen-bond donors (Lipinski definition) is 3. The molecule has 30 heavy (non-hydrogen) atoms. The molecule has 2 aliphatic rings. The molecule has 0 amide bonds. The van der Waals surface area contributed by atoms with Crippen molar-refractivity contribution in [3.05, 3.63) is 35.5 Å². The predicted molar refractivity (Wildman–Crippen MR) is 139 cm³/mol. The fourth-order valence-corrected chi connectivity index (χ4v) is 5.90. The van der Waals surface area contributed by atoms with Gasteiger partial charge < -0.3 is 20.4 Å². The summed E-state index contributed by atoms with van der Waals surface area (Å²) in [6, 6.07) is 6.60. The summed E-state index contributed by atoms with van der Waals surface area (Å²) in [7, 11) is 1.86. The van der Waals surface area contributed by atoms with E-state index in [1.807, 2.05) is 7.05 Å². The Morgan fingerprint density at radius 1 is 1.30 bits per heavy atom. The number of nitrogens with zero attached hydrogens (tertiary/aromatic N) is 2. The summed E-state index contributed by atoms with van der Waals surface area (Å²) in [5.41, 5.74) is 4.07. The lowest BCUT2D eigenvalue weighted by Crippen LogP contribution is -2.60. The topological polar surface area (TPSA) is 64.7 Å². The van der Waals surface area contributed by atoms with Gasteiger partial charge in [-0.3, -0.25) is 9.89 Å². The van der Waals surface area contributed by atoms with Crippen LogP contribution in [-0.4, -0.2) is 79.3 Å². The van der Waals surface area contributed by atoms with Gasteiger partial charge in [0.2, 0.25) is 0 Å². The SMILES string of the molecule is CN=C(NCCc1c[nH]c2cc(C)ccc12)NCC1(N2CCOCC2)CCSC1.I. The van der Waals surface area contributed by atoms with E-state index in [9.17, 15) is 0 Å². The normalized spacial score (nSPS) is 22.8. The van der Waals surface area contributed by atoms with E-state index in [4.69, 9.17) is 4.74 Å². The highest BCUT2D eigenvalue weighted by atomic mass is 127.